The molecule has 0 bridgehead atoms. The Morgan fingerprint density at radius 2 is 1.86 bits per heavy atom. The van der Waals surface area contributed by atoms with Gasteiger partial charge in [0.05, 0.1) is 12.3 Å². The number of unbranched alkanes of at least 4 members (excludes halogenated alkanes) is 2. The van der Waals surface area contributed by atoms with Crippen molar-refractivity contribution in [3.05, 3.63) is 89.7 Å². The van der Waals surface area contributed by atoms with Gasteiger partial charge in [-0.15, -0.1) is 10.2 Å². The van der Waals surface area contributed by atoms with Crippen molar-refractivity contribution in [3.63, 3.8) is 0 Å². The first-order chi connectivity index (χ1) is 17.8. The SMILES string of the molecule is O=C(Nc1cccc2c1OC(c1nn[nH]n1)CO2)c1ccc(OCCCCCc2ccccc2)cc1. The Morgan fingerprint density at radius 1 is 1.00 bits per heavy atom. The van der Waals surface area contributed by atoms with Gasteiger partial charge in [-0.05, 0) is 67.6 Å². The molecule has 1 aromatic heterocycles. The molecule has 1 unspecified atom stereocenters. The lowest BCUT2D eigenvalue weighted by Crippen LogP contribution is -2.24. The second kappa shape index (κ2) is 11.4. The Balaban J connectivity index is 1.11. The average molecular weight is 486 g/mol. The molecule has 2 heterocycles. The fourth-order valence-electron chi connectivity index (χ4n) is 3.96. The fraction of sp³-hybridized carbons (Fsp3) is 0.259. The number of ether oxygens (including phenoxy) is 3. The van der Waals surface area contributed by atoms with Crippen LogP contribution in [-0.2, 0) is 6.42 Å². The first kappa shape index (κ1) is 23.3. The van der Waals surface area contributed by atoms with E-state index in [0.29, 0.717) is 35.2 Å². The van der Waals surface area contributed by atoms with Gasteiger partial charge in [-0.3, -0.25) is 4.79 Å². The molecule has 0 saturated carbocycles. The van der Waals surface area contributed by atoms with Gasteiger partial charge in [0.1, 0.15) is 12.4 Å². The Hall–Kier alpha value is -4.40. The highest BCUT2D eigenvalue weighted by Crippen LogP contribution is 2.41. The van der Waals surface area contributed by atoms with Crippen LogP contribution in [0.4, 0.5) is 5.69 Å². The molecule has 1 atom stereocenters. The fourth-order valence-corrected chi connectivity index (χ4v) is 3.96. The Bertz CT molecular complexity index is 1260. The van der Waals surface area contributed by atoms with Crippen molar-refractivity contribution in [1.29, 1.82) is 0 Å². The summed E-state index contributed by atoms with van der Waals surface area (Å²) in [6.07, 6.45) is 3.80. The van der Waals surface area contributed by atoms with Gasteiger partial charge in [0, 0.05) is 5.56 Å². The molecule has 3 aromatic carbocycles. The van der Waals surface area contributed by atoms with Crippen LogP contribution in [0.1, 0.15) is 47.1 Å². The number of nitrogens with zero attached hydrogens (tertiary/aromatic N) is 3. The maximum atomic E-state index is 12.9. The number of amides is 1. The molecule has 0 saturated heterocycles. The van der Waals surface area contributed by atoms with Gasteiger partial charge >= 0.3 is 0 Å². The van der Waals surface area contributed by atoms with E-state index >= 15 is 0 Å². The molecular formula is C27H27N5O4. The number of aryl methyl sites for hydroxylation is 1. The van der Waals surface area contributed by atoms with Crippen molar-refractivity contribution in [2.75, 3.05) is 18.5 Å². The number of carbonyl (C=O) groups is 1. The van der Waals surface area contributed by atoms with Crippen molar-refractivity contribution in [1.82, 2.24) is 20.6 Å². The number of carbonyl (C=O) groups excluding carboxylic acids is 1. The number of H-pyrrole nitrogens is 1. The van der Waals surface area contributed by atoms with Crippen LogP contribution in [0.3, 0.4) is 0 Å². The number of tetrazole rings is 1. The standard InChI is InChI=1S/C27H27N5O4/c33-27(28-22-11-7-12-23-25(22)36-24(18-35-23)26-29-31-32-30-26)20-13-15-21(16-14-20)34-17-6-2-5-10-19-8-3-1-4-9-19/h1,3-4,7-9,11-16,24H,2,5-6,10,17-18H2,(H,28,33)(H,29,30,31,32). The molecule has 36 heavy (non-hydrogen) atoms. The highest BCUT2D eigenvalue weighted by Gasteiger charge is 2.28. The summed E-state index contributed by atoms with van der Waals surface area (Å²) in [6.45, 7) is 0.897. The normalized spacial score (nSPS) is 14.3. The Kier molecular flexibility index (Phi) is 7.36. The van der Waals surface area contributed by atoms with Gasteiger partial charge in [0.25, 0.3) is 5.91 Å². The van der Waals surface area contributed by atoms with E-state index in [-0.39, 0.29) is 12.5 Å². The summed E-state index contributed by atoms with van der Waals surface area (Å²) >= 11 is 0. The topological polar surface area (TPSA) is 111 Å². The lowest BCUT2D eigenvalue weighted by atomic mass is 10.1. The van der Waals surface area contributed by atoms with Crippen molar-refractivity contribution < 1.29 is 19.0 Å². The van der Waals surface area contributed by atoms with Gasteiger partial charge in [-0.2, -0.15) is 5.21 Å². The van der Waals surface area contributed by atoms with E-state index in [4.69, 9.17) is 14.2 Å². The maximum absolute atomic E-state index is 12.9. The summed E-state index contributed by atoms with van der Waals surface area (Å²) in [7, 11) is 0. The van der Waals surface area contributed by atoms with Crippen LogP contribution in [0.5, 0.6) is 17.2 Å². The van der Waals surface area contributed by atoms with Crippen molar-refractivity contribution in [3.8, 4) is 17.2 Å². The van der Waals surface area contributed by atoms with Crippen molar-refractivity contribution in [2.24, 2.45) is 0 Å². The highest BCUT2D eigenvalue weighted by molar-refractivity contribution is 6.05. The van der Waals surface area contributed by atoms with E-state index in [1.807, 2.05) is 18.2 Å². The van der Waals surface area contributed by atoms with Gasteiger partial charge in [-0.25, -0.2) is 0 Å². The lowest BCUT2D eigenvalue weighted by molar-refractivity contribution is 0.0856. The zero-order valence-corrected chi connectivity index (χ0v) is 19.7. The summed E-state index contributed by atoms with van der Waals surface area (Å²) in [6, 6.07) is 23.0. The molecule has 0 spiro atoms. The summed E-state index contributed by atoms with van der Waals surface area (Å²) in [5.74, 6) is 1.83. The molecule has 2 N–H and O–H groups in total. The van der Waals surface area contributed by atoms with Crippen LogP contribution in [-0.4, -0.2) is 39.7 Å². The molecule has 1 aliphatic rings. The van der Waals surface area contributed by atoms with Crippen molar-refractivity contribution >= 4 is 11.6 Å². The second-order valence-electron chi connectivity index (χ2n) is 8.44. The first-order valence-corrected chi connectivity index (χ1v) is 12.0. The molecule has 0 aliphatic carbocycles. The van der Waals surface area contributed by atoms with E-state index in [1.165, 1.54) is 5.56 Å². The number of aromatic amines is 1. The van der Waals surface area contributed by atoms with E-state index in [9.17, 15) is 4.79 Å². The molecule has 184 valence electrons. The smallest absolute Gasteiger partial charge is 0.255 e. The van der Waals surface area contributed by atoms with Crippen molar-refractivity contribution in [2.45, 2.75) is 31.8 Å². The van der Waals surface area contributed by atoms with Gasteiger partial charge in [-0.1, -0.05) is 41.6 Å². The number of fused-ring (bicyclic) bond motifs is 1. The van der Waals surface area contributed by atoms with E-state index in [0.717, 1.165) is 31.4 Å². The molecule has 0 radical (unpaired) electrons. The summed E-state index contributed by atoms with van der Waals surface area (Å²) in [4.78, 5) is 12.9. The lowest BCUT2D eigenvalue weighted by Gasteiger charge is -2.26. The summed E-state index contributed by atoms with van der Waals surface area (Å²) in [5.41, 5.74) is 2.38. The quantitative estimate of drug-likeness (QED) is 0.312. The predicted octanol–water partition coefficient (Wildman–Crippen LogP) is 4.76. The first-order valence-electron chi connectivity index (χ1n) is 12.0. The van der Waals surface area contributed by atoms with Crippen LogP contribution in [0.2, 0.25) is 0 Å². The largest absolute Gasteiger partial charge is 0.494 e. The molecule has 1 amide bonds. The Morgan fingerprint density at radius 3 is 2.67 bits per heavy atom. The van der Waals surface area contributed by atoms with E-state index in [2.05, 4.69) is 50.2 Å². The third-order valence-electron chi connectivity index (χ3n) is 5.86. The molecule has 4 aromatic rings. The monoisotopic (exact) mass is 485 g/mol. The van der Waals surface area contributed by atoms with Crippen LogP contribution in [0.25, 0.3) is 0 Å². The molecule has 5 rings (SSSR count). The summed E-state index contributed by atoms with van der Waals surface area (Å²) in [5, 5.41) is 16.8. The molecule has 9 heteroatoms. The third-order valence-corrected chi connectivity index (χ3v) is 5.86. The minimum Gasteiger partial charge on any atom is -0.494 e. The second-order valence-corrected chi connectivity index (χ2v) is 8.44. The number of hydrogen-bond donors (Lipinski definition) is 2. The minimum atomic E-state index is -0.524. The zero-order valence-electron chi connectivity index (χ0n) is 19.7. The number of anilines is 1. The summed E-state index contributed by atoms with van der Waals surface area (Å²) < 4.78 is 17.6. The Labute approximate surface area is 208 Å². The van der Waals surface area contributed by atoms with E-state index < -0.39 is 6.10 Å². The van der Waals surface area contributed by atoms with Crippen LogP contribution in [0, 0.1) is 0 Å². The number of rotatable bonds is 10. The molecule has 1 aliphatic heterocycles. The minimum absolute atomic E-state index is 0.248. The van der Waals surface area contributed by atoms with Gasteiger partial charge in [0.15, 0.2) is 17.6 Å². The van der Waals surface area contributed by atoms with Gasteiger partial charge < -0.3 is 19.5 Å². The predicted molar refractivity (Wildman–Crippen MR) is 133 cm³/mol. The number of hydrogen-bond acceptors (Lipinski definition) is 7. The molecule has 9 nitrogen and oxygen atoms in total. The van der Waals surface area contributed by atoms with Gasteiger partial charge in [0.2, 0.25) is 5.82 Å². The van der Waals surface area contributed by atoms with Crippen LogP contribution < -0.4 is 19.5 Å². The highest BCUT2D eigenvalue weighted by atomic mass is 16.6. The zero-order chi connectivity index (χ0) is 24.6. The third kappa shape index (κ3) is 5.80. The number of aromatic nitrogens is 4. The van der Waals surface area contributed by atoms with E-state index in [1.54, 1.807) is 30.3 Å². The molecular weight excluding hydrogens is 458 g/mol. The average Bonchev–Trinajstić information content (AvgIpc) is 3.47. The van der Waals surface area contributed by atoms with Crippen LogP contribution >= 0.6 is 0 Å². The molecule has 0 fully saturated rings. The number of para-hydroxylation sites is 1. The number of benzene rings is 3. The van der Waals surface area contributed by atoms with Crippen LogP contribution in [0.15, 0.2) is 72.8 Å². The number of nitrogens with one attached hydrogen (secondary N) is 2. The maximum Gasteiger partial charge on any atom is 0.255 e.